The molecule has 1 aromatic rings. The quantitative estimate of drug-likeness (QED) is 0.619. The average Bonchev–Trinajstić information content (AvgIpc) is 2.30. The topological polar surface area (TPSA) is 0 Å². The lowest BCUT2D eigenvalue weighted by Crippen LogP contribution is -1.89. The Morgan fingerprint density at radius 3 is 2.47 bits per heavy atom. The van der Waals surface area contributed by atoms with Gasteiger partial charge in [-0.15, -0.1) is 0 Å². The summed E-state index contributed by atoms with van der Waals surface area (Å²) in [5.74, 6) is 0. The highest BCUT2D eigenvalue weighted by molar-refractivity contribution is 5.58. The zero-order chi connectivity index (χ0) is 11.7. The van der Waals surface area contributed by atoms with Crippen LogP contribution >= 0.6 is 0 Å². The van der Waals surface area contributed by atoms with Crippen molar-refractivity contribution in [3.8, 4) is 0 Å². The van der Waals surface area contributed by atoms with E-state index in [1.807, 2.05) is 26.0 Å². The third-order valence-corrected chi connectivity index (χ3v) is 2.19. The molecule has 0 N–H and O–H groups in total. The Labute approximate surface area is 94.3 Å². The van der Waals surface area contributed by atoms with Crippen molar-refractivity contribution in [2.45, 2.75) is 34.1 Å². The van der Waals surface area contributed by atoms with Gasteiger partial charge >= 0.3 is 0 Å². The van der Waals surface area contributed by atoms with Crippen LogP contribution in [0.5, 0.6) is 0 Å². The van der Waals surface area contributed by atoms with Gasteiger partial charge in [0.1, 0.15) is 0 Å². The van der Waals surface area contributed by atoms with Crippen LogP contribution in [0, 0.1) is 6.92 Å². The van der Waals surface area contributed by atoms with Crippen LogP contribution in [0.3, 0.4) is 0 Å². The maximum Gasteiger partial charge on any atom is -0.0195 e. The highest BCUT2D eigenvalue weighted by Gasteiger charge is 1.98. The number of benzene rings is 1. The summed E-state index contributed by atoms with van der Waals surface area (Å²) >= 11 is 0. The minimum Gasteiger partial charge on any atom is -0.0991 e. The number of aryl methyl sites for hydroxylation is 2. The van der Waals surface area contributed by atoms with Gasteiger partial charge in [-0.2, -0.15) is 0 Å². The van der Waals surface area contributed by atoms with E-state index in [1.54, 1.807) is 0 Å². The van der Waals surface area contributed by atoms with E-state index >= 15 is 0 Å². The minimum absolute atomic E-state index is 1.08. The van der Waals surface area contributed by atoms with Gasteiger partial charge < -0.3 is 0 Å². The molecular weight excluding hydrogens is 180 g/mol. The molecule has 0 unspecified atom stereocenters. The zero-order valence-electron chi connectivity index (χ0n) is 10.4. The van der Waals surface area contributed by atoms with Crippen LogP contribution in [0.4, 0.5) is 0 Å². The van der Waals surface area contributed by atoms with Crippen LogP contribution in [-0.2, 0) is 6.42 Å². The van der Waals surface area contributed by atoms with E-state index in [0.717, 1.165) is 6.42 Å². The molecule has 0 aliphatic heterocycles. The van der Waals surface area contributed by atoms with E-state index in [1.165, 1.54) is 16.7 Å². The summed E-state index contributed by atoms with van der Waals surface area (Å²) in [6.45, 7) is 12.0. The first-order valence-electron chi connectivity index (χ1n) is 5.67. The van der Waals surface area contributed by atoms with Gasteiger partial charge in [-0.05, 0) is 30.0 Å². The summed E-state index contributed by atoms with van der Waals surface area (Å²) in [6, 6.07) is 6.43. The summed E-state index contributed by atoms with van der Waals surface area (Å²) in [7, 11) is 0. The smallest absolute Gasteiger partial charge is 0.0195 e. The van der Waals surface area contributed by atoms with Gasteiger partial charge in [-0.25, -0.2) is 0 Å². The van der Waals surface area contributed by atoms with Crippen LogP contribution in [-0.4, -0.2) is 0 Å². The molecule has 15 heavy (non-hydrogen) atoms. The molecule has 0 aromatic heterocycles. The van der Waals surface area contributed by atoms with E-state index in [-0.39, 0.29) is 0 Å². The number of hydrogen-bond acceptors (Lipinski definition) is 0. The molecule has 82 valence electrons. The van der Waals surface area contributed by atoms with Crippen LogP contribution in [0.1, 0.15) is 37.5 Å². The first kappa shape index (κ1) is 13.7. The molecule has 0 aliphatic carbocycles. The van der Waals surface area contributed by atoms with Crippen LogP contribution < -0.4 is 0 Å². The van der Waals surface area contributed by atoms with Gasteiger partial charge in [0.05, 0.1) is 0 Å². The summed E-state index contributed by atoms with van der Waals surface area (Å²) in [6.07, 6.45) is 7.01. The monoisotopic (exact) mass is 202 g/mol. The van der Waals surface area contributed by atoms with E-state index in [2.05, 4.69) is 44.7 Å². The Balaban J connectivity index is 0.000000921. The van der Waals surface area contributed by atoms with E-state index in [0.29, 0.717) is 0 Å². The van der Waals surface area contributed by atoms with Crippen molar-refractivity contribution in [1.29, 1.82) is 0 Å². The fourth-order valence-corrected chi connectivity index (χ4v) is 1.45. The molecular formula is C15H22. The Morgan fingerprint density at radius 2 is 1.93 bits per heavy atom. The minimum atomic E-state index is 1.08. The third kappa shape index (κ3) is 4.16. The van der Waals surface area contributed by atoms with Crippen molar-refractivity contribution in [1.82, 2.24) is 0 Å². The van der Waals surface area contributed by atoms with Crippen molar-refractivity contribution in [2.75, 3.05) is 0 Å². The van der Waals surface area contributed by atoms with Gasteiger partial charge in [0.15, 0.2) is 0 Å². The maximum absolute atomic E-state index is 3.67. The van der Waals surface area contributed by atoms with Crippen molar-refractivity contribution >= 4 is 6.08 Å². The summed E-state index contributed by atoms with van der Waals surface area (Å²) < 4.78 is 0. The summed E-state index contributed by atoms with van der Waals surface area (Å²) in [4.78, 5) is 0. The van der Waals surface area contributed by atoms with Gasteiger partial charge in [0, 0.05) is 0 Å². The first-order valence-corrected chi connectivity index (χ1v) is 5.67. The Hall–Kier alpha value is -1.30. The van der Waals surface area contributed by atoms with Crippen LogP contribution in [0.2, 0.25) is 0 Å². The van der Waals surface area contributed by atoms with Crippen molar-refractivity contribution in [3.63, 3.8) is 0 Å². The molecule has 0 bridgehead atoms. The average molecular weight is 202 g/mol. The highest BCUT2D eigenvalue weighted by Crippen LogP contribution is 2.16. The Kier molecular flexibility index (Phi) is 7.35. The molecule has 1 rings (SSSR count). The Bertz CT molecular complexity index is 319. The molecule has 0 nitrogen and oxygen atoms in total. The second-order valence-electron chi connectivity index (χ2n) is 3.10. The largest absolute Gasteiger partial charge is 0.0991 e. The fourth-order valence-electron chi connectivity index (χ4n) is 1.45. The van der Waals surface area contributed by atoms with Gasteiger partial charge in [0.25, 0.3) is 0 Å². The third-order valence-electron chi connectivity index (χ3n) is 2.19. The normalized spacial score (nSPS) is 9.60. The van der Waals surface area contributed by atoms with Crippen molar-refractivity contribution in [2.24, 2.45) is 0 Å². The molecule has 1 aromatic carbocycles. The predicted octanol–water partition coefficient (Wildman–Crippen LogP) is 4.78. The zero-order valence-corrected chi connectivity index (χ0v) is 10.4. The molecule has 0 atom stereocenters. The first-order chi connectivity index (χ1) is 7.29. The van der Waals surface area contributed by atoms with Gasteiger partial charge in [-0.1, -0.05) is 63.8 Å². The number of allylic oxidation sites excluding steroid dienone is 2. The predicted molar refractivity (Wildman–Crippen MR) is 71.1 cm³/mol. The second kappa shape index (κ2) is 8.05. The van der Waals surface area contributed by atoms with Crippen LogP contribution in [0.15, 0.2) is 36.9 Å². The molecule has 0 aliphatic rings. The standard InChI is InChI=1S/C13H16.C2H6/c1-4-6-10-13-11(3)8-7-9-12(13)5-2;1-2/h4,6-10H,1,5H2,2-3H3;1-2H3/b10-6-;. The molecule has 0 amide bonds. The number of hydrogen-bond donors (Lipinski definition) is 0. The summed E-state index contributed by atoms with van der Waals surface area (Å²) in [5.41, 5.74) is 4.07. The van der Waals surface area contributed by atoms with E-state index in [9.17, 15) is 0 Å². The lowest BCUT2D eigenvalue weighted by atomic mass is 10.00. The lowest BCUT2D eigenvalue weighted by Gasteiger charge is -2.06. The molecule has 0 heteroatoms. The van der Waals surface area contributed by atoms with E-state index < -0.39 is 0 Å². The molecule has 0 radical (unpaired) electrons. The molecule has 0 saturated heterocycles. The fraction of sp³-hybridized carbons (Fsp3) is 0.333. The maximum atomic E-state index is 3.67. The molecule has 0 heterocycles. The Morgan fingerprint density at radius 1 is 1.27 bits per heavy atom. The van der Waals surface area contributed by atoms with Crippen molar-refractivity contribution < 1.29 is 0 Å². The van der Waals surface area contributed by atoms with Crippen LogP contribution in [0.25, 0.3) is 6.08 Å². The molecule has 0 fully saturated rings. The highest BCUT2D eigenvalue weighted by atomic mass is 14.0. The van der Waals surface area contributed by atoms with E-state index in [4.69, 9.17) is 0 Å². The molecule has 0 spiro atoms. The lowest BCUT2D eigenvalue weighted by molar-refractivity contribution is 1.12. The van der Waals surface area contributed by atoms with Gasteiger partial charge in [0.2, 0.25) is 0 Å². The molecule has 0 saturated carbocycles. The van der Waals surface area contributed by atoms with Gasteiger partial charge in [-0.3, -0.25) is 0 Å². The SMILES string of the molecule is C=C/C=C\c1c(C)cccc1CC.CC. The van der Waals surface area contributed by atoms with Crippen molar-refractivity contribution in [3.05, 3.63) is 53.6 Å². The second-order valence-corrected chi connectivity index (χ2v) is 3.10. The number of rotatable bonds is 3. The summed E-state index contributed by atoms with van der Waals surface area (Å²) in [5, 5.41) is 0.